The number of aliphatic hydroxyl groups is 1. The molecule has 1 aromatic heterocycles. The van der Waals surface area contributed by atoms with Crippen molar-refractivity contribution < 1.29 is 10.0 Å². The molecule has 0 bridgehead atoms. The van der Waals surface area contributed by atoms with Gasteiger partial charge >= 0.3 is 5.69 Å². The van der Waals surface area contributed by atoms with Gasteiger partial charge in [0.1, 0.15) is 18.6 Å². The first-order valence-corrected chi connectivity index (χ1v) is 6.61. The molecule has 6 nitrogen and oxygen atoms in total. The molecule has 0 atom stereocenters. The first-order valence-electron chi connectivity index (χ1n) is 6.61. The molecule has 0 saturated carbocycles. The lowest BCUT2D eigenvalue weighted by atomic mass is 10.1. The molecule has 20 heavy (non-hydrogen) atoms. The van der Waals surface area contributed by atoms with E-state index in [1.54, 1.807) is 24.3 Å². The average Bonchev–Trinajstić information content (AvgIpc) is 2.51. The molecule has 0 aliphatic rings. The number of nitrogens with one attached hydrogen (secondary N) is 1. The number of para-hydroxylation sites is 1. The summed E-state index contributed by atoms with van der Waals surface area (Å²) in [5, 5.41) is 22.8. The Morgan fingerprint density at radius 1 is 1.25 bits per heavy atom. The Labute approximate surface area is 118 Å². The fraction of sp³-hybridized carbons (Fsp3) is 0.357. The minimum absolute atomic E-state index is 0.146. The number of fused-ring (bicyclic) bond motifs is 1. The van der Waals surface area contributed by atoms with Crippen molar-refractivity contribution in [2.45, 2.75) is 27.7 Å². The van der Waals surface area contributed by atoms with Crippen molar-refractivity contribution >= 4 is 22.3 Å². The second kappa shape index (κ2) is 9.69. The van der Waals surface area contributed by atoms with Crippen LogP contribution in [-0.4, -0.2) is 21.7 Å². The highest BCUT2D eigenvalue weighted by molar-refractivity contribution is 5.95. The second-order valence-corrected chi connectivity index (χ2v) is 3.13. The molecule has 0 fully saturated rings. The topological polar surface area (TPSA) is 88.3 Å². The van der Waals surface area contributed by atoms with Gasteiger partial charge in [-0.25, -0.2) is 4.98 Å². The number of pyridine rings is 1. The molecule has 6 heteroatoms. The zero-order valence-electron chi connectivity index (χ0n) is 12.3. The summed E-state index contributed by atoms with van der Waals surface area (Å²) in [6.07, 6.45) is 1.18. The van der Waals surface area contributed by atoms with Crippen LogP contribution in [0.3, 0.4) is 0 Å². The van der Waals surface area contributed by atoms with Crippen LogP contribution in [0.2, 0.25) is 0 Å². The Balaban J connectivity index is 0.000000829. The van der Waals surface area contributed by atoms with E-state index < -0.39 is 4.92 Å². The molecule has 2 N–H and O–H groups in total. The molecule has 0 amide bonds. The van der Waals surface area contributed by atoms with Crippen molar-refractivity contribution in [3.63, 3.8) is 0 Å². The average molecular weight is 279 g/mol. The van der Waals surface area contributed by atoms with E-state index in [4.69, 9.17) is 5.11 Å². The van der Waals surface area contributed by atoms with Gasteiger partial charge in [-0.3, -0.25) is 10.1 Å². The van der Waals surface area contributed by atoms with Gasteiger partial charge in [0.25, 0.3) is 0 Å². The maximum atomic E-state index is 10.8. The van der Waals surface area contributed by atoms with E-state index in [1.165, 1.54) is 6.20 Å². The third kappa shape index (κ3) is 4.17. The van der Waals surface area contributed by atoms with E-state index in [1.807, 2.05) is 27.7 Å². The van der Waals surface area contributed by atoms with Crippen LogP contribution in [0.4, 0.5) is 11.4 Å². The summed E-state index contributed by atoms with van der Waals surface area (Å²) >= 11 is 0. The largest absolute Gasteiger partial charge is 0.377 e. The maximum absolute atomic E-state index is 10.8. The summed E-state index contributed by atoms with van der Waals surface area (Å²) in [5.74, 6) is 0. The molecule has 2 rings (SSSR count). The Kier molecular flexibility index (Phi) is 8.61. The second-order valence-electron chi connectivity index (χ2n) is 3.13. The molecular formula is C14H21N3O3. The molecular weight excluding hydrogens is 258 g/mol. The Morgan fingerprint density at radius 3 is 2.40 bits per heavy atom. The summed E-state index contributed by atoms with van der Waals surface area (Å²) in [7, 11) is 0. The monoisotopic (exact) mass is 279 g/mol. The lowest BCUT2D eigenvalue weighted by molar-refractivity contribution is -0.384. The molecule has 0 aliphatic heterocycles. The summed E-state index contributed by atoms with van der Waals surface area (Å²) < 4.78 is 0. The van der Waals surface area contributed by atoms with E-state index in [-0.39, 0.29) is 18.1 Å². The van der Waals surface area contributed by atoms with Gasteiger partial charge in [-0.05, 0) is 6.07 Å². The quantitative estimate of drug-likeness (QED) is 0.509. The van der Waals surface area contributed by atoms with E-state index in [0.717, 1.165) is 0 Å². The Hall–Kier alpha value is -2.21. The third-order valence-corrected chi connectivity index (χ3v) is 2.21. The Morgan fingerprint density at radius 2 is 1.85 bits per heavy atom. The lowest BCUT2D eigenvalue weighted by Gasteiger charge is -2.07. The number of nitro groups is 1. The van der Waals surface area contributed by atoms with E-state index in [2.05, 4.69) is 10.3 Å². The number of hydrogen-bond acceptors (Lipinski definition) is 5. The van der Waals surface area contributed by atoms with Crippen LogP contribution in [0.25, 0.3) is 10.9 Å². The fourth-order valence-corrected chi connectivity index (χ4v) is 1.53. The molecule has 0 spiro atoms. The summed E-state index contributed by atoms with van der Waals surface area (Å²) in [4.78, 5) is 14.2. The standard InChI is InChI=1S/C10H9N3O3.2C2H6/c14-6-12-10-7-3-1-2-4-8(7)11-5-9(10)13(15)16;2*1-2/h1-5,14H,6H2,(H,11,12);2*1-2H3. The first-order chi connectivity index (χ1) is 9.74. The SMILES string of the molecule is CC.CC.O=[N+]([O-])c1cnc2ccccc2c1NCO. The van der Waals surface area contributed by atoms with Crippen molar-refractivity contribution in [2.24, 2.45) is 0 Å². The normalized spacial score (nSPS) is 8.85. The summed E-state index contributed by atoms with van der Waals surface area (Å²) in [6, 6.07) is 7.02. The fourth-order valence-electron chi connectivity index (χ4n) is 1.53. The molecule has 0 unspecified atom stereocenters. The van der Waals surface area contributed by atoms with Gasteiger partial charge in [0.05, 0.1) is 10.4 Å². The third-order valence-electron chi connectivity index (χ3n) is 2.21. The van der Waals surface area contributed by atoms with Gasteiger partial charge < -0.3 is 10.4 Å². The number of nitrogens with zero attached hydrogens (tertiary/aromatic N) is 2. The molecule has 1 aromatic carbocycles. The van der Waals surface area contributed by atoms with Gasteiger partial charge in [-0.2, -0.15) is 0 Å². The summed E-state index contributed by atoms with van der Waals surface area (Å²) in [6.45, 7) is 7.63. The highest BCUT2D eigenvalue weighted by Crippen LogP contribution is 2.30. The number of aliphatic hydroxyl groups excluding tert-OH is 1. The van der Waals surface area contributed by atoms with Crippen LogP contribution >= 0.6 is 0 Å². The molecule has 0 saturated heterocycles. The van der Waals surface area contributed by atoms with Crippen molar-refractivity contribution in [2.75, 3.05) is 12.0 Å². The minimum Gasteiger partial charge on any atom is -0.377 e. The molecule has 2 aromatic rings. The van der Waals surface area contributed by atoms with Crippen LogP contribution in [0, 0.1) is 10.1 Å². The highest BCUT2D eigenvalue weighted by atomic mass is 16.6. The van der Waals surface area contributed by atoms with E-state index >= 15 is 0 Å². The number of rotatable bonds is 3. The first kappa shape index (κ1) is 17.8. The minimum atomic E-state index is -0.530. The van der Waals surface area contributed by atoms with Crippen molar-refractivity contribution in [3.05, 3.63) is 40.6 Å². The number of hydrogen-bond donors (Lipinski definition) is 2. The van der Waals surface area contributed by atoms with Gasteiger partial charge in [-0.1, -0.05) is 45.9 Å². The predicted molar refractivity (Wildman–Crippen MR) is 81.8 cm³/mol. The van der Waals surface area contributed by atoms with Crippen LogP contribution in [0.15, 0.2) is 30.5 Å². The van der Waals surface area contributed by atoms with Crippen LogP contribution in [0.5, 0.6) is 0 Å². The van der Waals surface area contributed by atoms with Gasteiger partial charge in [0.15, 0.2) is 0 Å². The molecule has 110 valence electrons. The molecule has 1 heterocycles. The zero-order valence-corrected chi connectivity index (χ0v) is 12.3. The smallest absolute Gasteiger partial charge is 0.311 e. The van der Waals surface area contributed by atoms with Gasteiger partial charge in [-0.15, -0.1) is 0 Å². The van der Waals surface area contributed by atoms with Crippen LogP contribution in [-0.2, 0) is 0 Å². The van der Waals surface area contributed by atoms with Crippen molar-refractivity contribution in [3.8, 4) is 0 Å². The van der Waals surface area contributed by atoms with Crippen molar-refractivity contribution in [1.29, 1.82) is 0 Å². The van der Waals surface area contributed by atoms with E-state index in [0.29, 0.717) is 10.9 Å². The summed E-state index contributed by atoms with van der Waals surface area (Å²) in [5.41, 5.74) is 0.787. The maximum Gasteiger partial charge on any atom is 0.311 e. The number of aromatic nitrogens is 1. The van der Waals surface area contributed by atoms with Gasteiger partial charge in [0, 0.05) is 5.39 Å². The van der Waals surface area contributed by atoms with Gasteiger partial charge in [0.2, 0.25) is 0 Å². The molecule has 0 radical (unpaired) electrons. The molecule has 0 aliphatic carbocycles. The highest BCUT2D eigenvalue weighted by Gasteiger charge is 2.16. The van der Waals surface area contributed by atoms with Crippen LogP contribution < -0.4 is 5.32 Å². The van der Waals surface area contributed by atoms with Crippen molar-refractivity contribution in [1.82, 2.24) is 4.98 Å². The number of benzene rings is 1. The predicted octanol–water partition coefficient (Wildman–Crippen LogP) is 3.56. The van der Waals surface area contributed by atoms with E-state index in [9.17, 15) is 10.1 Å². The van der Waals surface area contributed by atoms with Crippen LogP contribution in [0.1, 0.15) is 27.7 Å². The Bertz CT molecular complexity index is 544. The lowest BCUT2D eigenvalue weighted by Crippen LogP contribution is -2.04. The zero-order chi connectivity index (χ0) is 15.5. The number of anilines is 1.